The number of nitrogens with zero attached hydrogens (tertiary/aromatic N) is 1. The topological polar surface area (TPSA) is 101 Å². The smallest absolute Gasteiger partial charge is 0.264 e. The summed E-state index contributed by atoms with van der Waals surface area (Å²) in [5.41, 5.74) is 6.27. The average Bonchev–Trinajstić information content (AvgIpc) is 2.48. The second-order valence-electron chi connectivity index (χ2n) is 4.44. The summed E-state index contributed by atoms with van der Waals surface area (Å²) < 4.78 is 0. The highest BCUT2D eigenvalue weighted by molar-refractivity contribution is 7.80. The van der Waals surface area contributed by atoms with Crippen molar-refractivity contribution in [1.82, 2.24) is 10.2 Å². The molecule has 108 valence electrons. The summed E-state index contributed by atoms with van der Waals surface area (Å²) >= 11 is 4.97. The van der Waals surface area contributed by atoms with Crippen LogP contribution in [0.3, 0.4) is 0 Å². The van der Waals surface area contributed by atoms with Crippen molar-refractivity contribution in [2.24, 2.45) is 11.7 Å². The van der Waals surface area contributed by atoms with E-state index in [1.807, 2.05) is 30.3 Å². The molecule has 2 aromatic rings. The van der Waals surface area contributed by atoms with Crippen molar-refractivity contribution in [3.8, 4) is 0 Å². The van der Waals surface area contributed by atoms with E-state index in [1.165, 1.54) is 12.1 Å². The summed E-state index contributed by atoms with van der Waals surface area (Å²) in [7, 11) is 0. The molecule has 7 heteroatoms. The molecule has 2 rings (SSSR count). The van der Waals surface area contributed by atoms with E-state index in [0.717, 1.165) is 5.56 Å². The van der Waals surface area contributed by atoms with E-state index in [1.54, 1.807) is 0 Å². The van der Waals surface area contributed by atoms with E-state index >= 15 is 0 Å². The Morgan fingerprint density at radius 2 is 2.00 bits per heavy atom. The van der Waals surface area contributed by atoms with E-state index in [0.29, 0.717) is 6.42 Å². The number of nitrogens with two attached hydrogens (primary N) is 1. The van der Waals surface area contributed by atoms with Gasteiger partial charge in [0.05, 0.1) is 10.9 Å². The number of anilines is 1. The first-order valence-electron chi connectivity index (χ1n) is 6.26. The van der Waals surface area contributed by atoms with Crippen molar-refractivity contribution in [3.05, 3.63) is 58.4 Å². The predicted molar refractivity (Wildman–Crippen MR) is 83.9 cm³/mol. The van der Waals surface area contributed by atoms with Crippen LogP contribution in [-0.2, 0) is 11.2 Å². The summed E-state index contributed by atoms with van der Waals surface area (Å²) in [6, 6.07) is 12.1. The molecule has 0 spiro atoms. The third kappa shape index (κ3) is 4.22. The van der Waals surface area contributed by atoms with Gasteiger partial charge in [0, 0.05) is 6.07 Å². The SMILES string of the molecule is NC(=S)C(Cc1ccccc1)C(=O)Nc1ccc(=O)[nH]n1. The number of benzene rings is 1. The lowest BCUT2D eigenvalue weighted by atomic mass is 9.98. The summed E-state index contributed by atoms with van der Waals surface area (Å²) in [4.78, 5) is 23.3. The quantitative estimate of drug-likeness (QED) is 0.711. The van der Waals surface area contributed by atoms with Gasteiger partial charge >= 0.3 is 0 Å². The van der Waals surface area contributed by atoms with Crippen LogP contribution in [0, 0.1) is 5.92 Å². The maximum atomic E-state index is 12.2. The van der Waals surface area contributed by atoms with Crippen molar-refractivity contribution in [3.63, 3.8) is 0 Å². The lowest BCUT2D eigenvalue weighted by molar-refractivity contribution is -0.118. The molecule has 1 aromatic carbocycles. The molecule has 0 aliphatic heterocycles. The minimum atomic E-state index is -0.642. The molecule has 1 aromatic heterocycles. The first-order valence-corrected chi connectivity index (χ1v) is 6.67. The van der Waals surface area contributed by atoms with Gasteiger partial charge in [0.1, 0.15) is 0 Å². The lowest BCUT2D eigenvalue weighted by Crippen LogP contribution is -2.35. The normalized spacial score (nSPS) is 11.6. The van der Waals surface area contributed by atoms with Crippen LogP contribution in [0.1, 0.15) is 5.56 Å². The van der Waals surface area contributed by atoms with E-state index in [9.17, 15) is 9.59 Å². The minimum Gasteiger partial charge on any atom is -0.393 e. The van der Waals surface area contributed by atoms with Gasteiger partial charge in [0.25, 0.3) is 5.56 Å². The van der Waals surface area contributed by atoms with Gasteiger partial charge in [-0.2, -0.15) is 5.10 Å². The number of hydrogen-bond acceptors (Lipinski definition) is 4. The summed E-state index contributed by atoms with van der Waals surface area (Å²) in [5.74, 6) is -0.754. The zero-order valence-electron chi connectivity index (χ0n) is 11.1. The Bertz CT molecular complexity index is 679. The molecule has 0 aliphatic rings. The number of aromatic nitrogens is 2. The first-order chi connectivity index (χ1) is 10.1. The van der Waals surface area contributed by atoms with Crippen LogP contribution >= 0.6 is 12.2 Å². The van der Waals surface area contributed by atoms with Gasteiger partial charge in [-0.15, -0.1) is 0 Å². The van der Waals surface area contributed by atoms with Crippen LogP contribution < -0.4 is 16.6 Å². The number of hydrogen-bond donors (Lipinski definition) is 3. The molecule has 1 heterocycles. The molecule has 21 heavy (non-hydrogen) atoms. The van der Waals surface area contributed by atoms with Crippen molar-refractivity contribution < 1.29 is 4.79 Å². The number of amides is 1. The monoisotopic (exact) mass is 302 g/mol. The zero-order valence-corrected chi connectivity index (χ0v) is 11.9. The molecule has 1 atom stereocenters. The van der Waals surface area contributed by atoms with Gasteiger partial charge in [-0.05, 0) is 18.1 Å². The molecule has 0 bridgehead atoms. The van der Waals surface area contributed by atoms with E-state index in [2.05, 4.69) is 15.5 Å². The van der Waals surface area contributed by atoms with Gasteiger partial charge in [0.2, 0.25) is 5.91 Å². The molecule has 0 saturated carbocycles. The number of H-pyrrole nitrogens is 1. The molecular formula is C14H14N4O2S. The third-order valence-electron chi connectivity index (χ3n) is 2.87. The highest BCUT2D eigenvalue weighted by atomic mass is 32.1. The summed E-state index contributed by atoms with van der Waals surface area (Å²) in [6.07, 6.45) is 0.408. The largest absolute Gasteiger partial charge is 0.393 e. The van der Waals surface area contributed by atoms with E-state index in [-0.39, 0.29) is 22.3 Å². The fourth-order valence-corrected chi connectivity index (χ4v) is 1.99. The molecule has 0 saturated heterocycles. The molecular weight excluding hydrogens is 288 g/mol. The molecule has 0 aliphatic carbocycles. The number of carbonyl (C=O) groups excluding carboxylic acids is 1. The summed E-state index contributed by atoms with van der Waals surface area (Å²) in [5, 5.41) is 8.54. The van der Waals surface area contributed by atoms with Gasteiger partial charge in [-0.25, -0.2) is 5.10 Å². The minimum absolute atomic E-state index is 0.112. The van der Waals surface area contributed by atoms with Crippen molar-refractivity contribution in [2.45, 2.75) is 6.42 Å². The molecule has 0 radical (unpaired) electrons. The molecule has 1 amide bonds. The van der Waals surface area contributed by atoms with Gasteiger partial charge in [-0.1, -0.05) is 42.5 Å². The van der Waals surface area contributed by atoms with Crippen molar-refractivity contribution in [1.29, 1.82) is 0 Å². The van der Waals surface area contributed by atoms with Gasteiger partial charge in [0.15, 0.2) is 5.82 Å². The average molecular weight is 302 g/mol. The maximum Gasteiger partial charge on any atom is 0.264 e. The van der Waals surface area contributed by atoms with Crippen LogP contribution in [0.5, 0.6) is 0 Å². The highest BCUT2D eigenvalue weighted by Gasteiger charge is 2.22. The van der Waals surface area contributed by atoms with Crippen LogP contribution in [0.25, 0.3) is 0 Å². The second-order valence-corrected chi connectivity index (χ2v) is 4.91. The van der Waals surface area contributed by atoms with Crippen LogP contribution in [0.4, 0.5) is 5.82 Å². The predicted octanol–water partition coefficient (Wildman–Crippen LogP) is 0.853. The van der Waals surface area contributed by atoms with Crippen LogP contribution in [0.2, 0.25) is 0 Å². The fraction of sp³-hybridized carbons (Fsp3) is 0.143. The summed E-state index contributed by atoms with van der Waals surface area (Å²) in [6.45, 7) is 0. The van der Waals surface area contributed by atoms with Crippen LogP contribution in [-0.4, -0.2) is 21.1 Å². The Hall–Kier alpha value is -2.54. The highest BCUT2D eigenvalue weighted by Crippen LogP contribution is 2.11. The van der Waals surface area contributed by atoms with Crippen LogP contribution in [0.15, 0.2) is 47.3 Å². The number of carbonyl (C=O) groups is 1. The standard InChI is InChI=1S/C14H14N4O2S/c15-13(21)10(8-9-4-2-1-3-5-9)14(20)16-11-6-7-12(19)18-17-11/h1-7,10H,8H2,(H2,15,21)(H,18,19)(H,16,17,20). The van der Waals surface area contributed by atoms with E-state index < -0.39 is 5.92 Å². The molecule has 6 nitrogen and oxygen atoms in total. The number of thiocarbonyl (C=S) groups is 1. The Morgan fingerprint density at radius 3 is 2.57 bits per heavy atom. The fourth-order valence-electron chi connectivity index (χ4n) is 1.80. The molecule has 4 N–H and O–H groups in total. The number of rotatable bonds is 5. The number of nitrogens with one attached hydrogen (secondary N) is 2. The van der Waals surface area contributed by atoms with Gasteiger partial charge in [-0.3, -0.25) is 9.59 Å². The maximum absolute atomic E-state index is 12.2. The Balaban J connectivity index is 2.10. The molecule has 1 unspecified atom stereocenters. The Morgan fingerprint density at radius 1 is 1.29 bits per heavy atom. The molecule has 0 fully saturated rings. The van der Waals surface area contributed by atoms with Crippen molar-refractivity contribution >= 4 is 28.9 Å². The lowest BCUT2D eigenvalue weighted by Gasteiger charge is -2.15. The number of aromatic amines is 1. The Labute approximate surface area is 126 Å². The second kappa shape index (κ2) is 6.76. The van der Waals surface area contributed by atoms with Gasteiger partial charge < -0.3 is 11.1 Å². The first kappa shape index (κ1) is 14.9. The zero-order chi connectivity index (χ0) is 15.2. The van der Waals surface area contributed by atoms with Crippen molar-refractivity contribution in [2.75, 3.05) is 5.32 Å². The third-order valence-corrected chi connectivity index (χ3v) is 3.16. The van der Waals surface area contributed by atoms with E-state index in [4.69, 9.17) is 18.0 Å². The Kier molecular flexibility index (Phi) is 4.78.